The minimum atomic E-state index is 0.538. The normalized spacial score (nSPS) is 10.9. The number of rotatable bonds is 5. The van der Waals surface area contributed by atoms with E-state index >= 15 is 0 Å². The predicted molar refractivity (Wildman–Crippen MR) is 118 cm³/mol. The number of nitrogens with zero attached hydrogens (tertiary/aromatic N) is 5. The minimum Gasteiger partial charge on any atom is -0.346 e. The van der Waals surface area contributed by atoms with Crippen molar-refractivity contribution in [3.8, 4) is 0 Å². The van der Waals surface area contributed by atoms with Gasteiger partial charge in [0.25, 0.3) is 0 Å². The molecule has 2 aromatic heterocycles. The summed E-state index contributed by atoms with van der Waals surface area (Å²) in [7, 11) is 3.84. The Labute approximate surface area is 180 Å². The molecule has 1 aromatic carbocycles. The van der Waals surface area contributed by atoms with Crippen molar-refractivity contribution in [2.24, 2.45) is 7.05 Å². The van der Waals surface area contributed by atoms with Crippen LogP contribution in [0.25, 0.3) is 0 Å². The Bertz CT molecular complexity index is 1010. The van der Waals surface area contributed by atoms with Crippen LogP contribution < -0.4 is 5.32 Å². The number of hydrogen-bond donors (Lipinski definition) is 1. The largest absolute Gasteiger partial charge is 0.346 e. The average Bonchev–Trinajstić information content (AvgIpc) is 3.16. The zero-order valence-electron chi connectivity index (χ0n) is 16.2. The number of thiocarbonyl (C=S) groups is 1. The molecule has 28 heavy (non-hydrogen) atoms. The third-order valence-electron chi connectivity index (χ3n) is 4.44. The summed E-state index contributed by atoms with van der Waals surface area (Å²) in [6.07, 6.45) is 1.92. The molecule has 148 valence electrons. The SMILES string of the molecule is Cc1nn(Cc2ccc(Cl)c(Cl)c2)c(C)c1NC(=S)N(C)Cc1ccn(C)n1. The summed E-state index contributed by atoms with van der Waals surface area (Å²) in [6.45, 7) is 5.20. The molecule has 1 N–H and O–H groups in total. The van der Waals surface area contributed by atoms with Gasteiger partial charge < -0.3 is 10.2 Å². The van der Waals surface area contributed by atoms with Gasteiger partial charge in [-0.3, -0.25) is 9.36 Å². The molecule has 0 amide bonds. The highest BCUT2D eigenvalue weighted by Crippen LogP contribution is 2.25. The van der Waals surface area contributed by atoms with Crippen LogP contribution in [0.15, 0.2) is 30.5 Å². The number of aryl methyl sites for hydroxylation is 2. The Balaban J connectivity index is 1.72. The third-order valence-corrected chi connectivity index (χ3v) is 5.60. The van der Waals surface area contributed by atoms with Crippen LogP contribution in [0.2, 0.25) is 10.0 Å². The van der Waals surface area contributed by atoms with Crippen molar-refractivity contribution in [3.05, 3.63) is 63.2 Å². The second kappa shape index (κ2) is 8.51. The number of anilines is 1. The first-order valence-corrected chi connectivity index (χ1v) is 9.89. The highest BCUT2D eigenvalue weighted by Gasteiger charge is 2.15. The smallest absolute Gasteiger partial charge is 0.173 e. The van der Waals surface area contributed by atoms with E-state index in [1.165, 1.54) is 0 Å². The molecule has 2 heterocycles. The predicted octanol–water partition coefficient (Wildman–Crippen LogP) is 4.42. The van der Waals surface area contributed by atoms with Crippen LogP contribution >= 0.6 is 35.4 Å². The van der Waals surface area contributed by atoms with Gasteiger partial charge >= 0.3 is 0 Å². The van der Waals surface area contributed by atoms with Crippen molar-refractivity contribution in [1.29, 1.82) is 0 Å². The van der Waals surface area contributed by atoms with Gasteiger partial charge in [-0.2, -0.15) is 10.2 Å². The molecule has 0 atom stereocenters. The molecule has 0 aliphatic rings. The molecular weight excluding hydrogens is 415 g/mol. The molecule has 3 aromatic rings. The molecule has 0 unspecified atom stereocenters. The third kappa shape index (κ3) is 4.66. The quantitative estimate of drug-likeness (QED) is 0.599. The van der Waals surface area contributed by atoms with Crippen LogP contribution in [-0.2, 0) is 20.1 Å². The Morgan fingerprint density at radius 3 is 2.57 bits per heavy atom. The molecular formula is C19H22Cl2N6S. The second-order valence-electron chi connectivity index (χ2n) is 6.72. The first-order chi connectivity index (χ1) is 13.2. The van der Waals surface area contributed by atoms with E-state index in [-0.39, 0.29) is 0 Å². The number of benzene rings is 1. The molecule has 9 heteroatoms. The summed E-state index contributed by atoms with van der Waals surface area (Å²) < 4.78 is 3.71. The summed E-state index contributed by atoms with van der Waals surface area (Å²) in [6, 6.07) is 7.58. The van der Waals surface area contributed by atoms with E-state index in [9.17, 15) is 0 Å². The Kier molecular flexibility index (Phi) is 6.27. The lowest BCUT2D eigenvalue weighted by Crippen LogP contribution is -2.31. The van der Waals surface area contributed by atoms with E-state index in [1.54, 1.807) is 10.7 Å². The van der Waals surface area contributed by atoms with E-state index < -0.39 is 0 Å². The van der Waals surface area contributed by atoms with Gasteiger partial charge in [0.15, 0.2) is 5.11 Å². The summed E-state index contributed by atoms with van der Waals surface area (Å²) in [5, 5.41) is 14.1. The van der Waals surface area contributed by atoms with E-state index in [0.29, 0.717) is 28.2 Å². The molecule has 3 rings (SSSR count). The summed E-state index contributed by atoms with van der Waals surface area (Å²) in [5.74, 6) is 0. The lowest BCUT2D eigenvalue weighted by atomic mass is 10.2. The lowest BCUT2D eigenvalue weighted by Gasteiger charge is -2.20. The van der Waals surface area contributed by atoms with E-state index in [2.05, 4.69) is 15.5 Å². The second-order valence-corrected chi connectivity index (χ2v) is 7.92. The number of nitrogens with one attached hydrogen (secondary N) is 1. The summed E-state index contributed by atoms with van der Waals surface area (Å²) >= 11 is 17.7. The van der Waals surface area contributed by atoms with Crippen LogP contribution in [-0.4, -0.2) is 36.6 Å². The van der Waals surface area contributed by atoms with E-state index in [0.717, 1.165) is 28.3 Å². The van der Waals surface area contributed by atoms with Gasteiger partial charge in [0.1, 0.15) is 0 Å². The van der Waals surface area contributed by atoms with Gasteiger partial charge in [-0.05, 0) is 49.8 Å². The van der Waals surface area contributed by atoms with E-state index in [4.69, 9.17) is 35.4 Å². The van der Waals surface area contributed by atoms with Gasteiger partial charge in [-0.25, -0.2) is 0 Å². The molecule has 0 spiro atoms. The molecule has 0 aliphatic carbocycles. The van der Waals surface area contributed by atoms with Crippen LogP contribution in [0.5, 0.6) is 0 Å². The maximum Gasteiger partial charge on any atom is 0.173 e. The van der Waals surface area contributed by atoms with Crippen LogP contribution in [0, 0.1) is 13.8 Å². The summed E-state index contributed by atoms with van der Waals surface area (Å²) in [5.41, 5.74) is 4.78. The number of halogens is 2. The van der Waals surface area contributed by atoms with Gasteiger partial charge in [0.05, 0.1) is 45.9 Å². The van der Waals surface area contributed by atoms with Crippen molar-refractivity contribution in [3.63, 3.8) is 0 Å². The minimum absolute atomic E-state index is 0.538. The van der Waals surface area contributed by atoms with Crippen molar-refractivity contribution < 1.29 is 0 Å². The molecule has 0 saturated carbocycles. The van der Waals surface area contributed by atoms with Gasteiger partial charge in [0, 0.05) is 20.3 Å². The van der Waals surface area contributed by atoms with Crippen molar-refractivity contribution in [2.75, 3.05) is 12.4 Å². The maximum atomic E-state index is 6.12. The number of aromatic nitrogens is 4. The number of hydrogen-bond acceptors (Lipinski definition) is 3. The van der Waals surface area contributed by atoms with Crippen LogP contribution in [0.4, 0.5) is 5.69 Å². The molecule has 6 nitrogen and oxygen atoms in total. The van der Waals surface area contributed by atoms with Crippen LogP contribution in [0.3, 0.4) is 0 Å². The highest BCUT2D eigenvalue weighted by atomic mass is 35.5. The average molecular weight is 437 g/mol. The monoisotopic (exact) mass is 436 g/mol. The van der Waals surface area contributed by atoms with Crippen molar-refractivity contribution in [1.82, 2.24) is 24.5 Å². The Hall–Kier alpha value is -2.09. The van der Waals surface area contributed by atoms with Crippen LogP contribution in [0.1, 0.15) is 22.6 Å². The summed E-state index contributed by atoms with van der Waals surface area (Å²) in [4.78, 5) is 1.95. The Morgan fingerprint density at radius 1 is 1.18 bits per heavy atom. The molecule has 0 aliphatic heterocycles. The first-order valence-electron chi connectivity index (χ1n) is 8.73. The van der Waals surface area contributed by atoms with Crippen molar-refractivity contribution in [2.45, 2.75) is 26.9 Å². The molecule has 0 bridgehead atoms. The fourth-order valence-electron chi connectivity index (χ4n) is 2.91. The fourth-order valence-corrected chi connectivity index (χ4v) is 3.39. The molecule has 0 saturated heterocycles. The van der Waals surface area contributed by atoms with Gasteiger partial charge in [-0.1, -0.05) is 29.3 Å². The molecule has 0 fully saturated rings. The van der Waals surface area contributed by atoms with E-state index in [1.807, 2.05) is 61.9 Å². The zero-order valence-corrected chi connectivity index (χ0v) is 18.5. The topological polar surface area (TPSA) is 50.9 Å². The highest BCUT2D eigenvalue weighted by molar-refractivity contribution is 7.80. The van der Waals surface area contributed by atoms with Gasteiger partial charge in [-0.15, -0.1) is 0 Å². The van der Waals surface area contributed by atoms with Gasteiger partial charge in [0.2, 0.25) is 0 Å². The Morgan fingerprint density at radius 2 is 1.93 bits per heavy atom. The first kappa shape index (κ1) is 20.6. The fraction of sp³-hybridized carbons (Fsp3) is 0.316. The standard InChI is InChI=1S/C19H22Cl2N6S/c1-12-18(22-19(28)25(3)11-15-7-8-26(4)24-15)13(2)27(23-12)10-14-5-6-16(20)17(21)9-14/h5-9H,10-11H2,1-4H3,(H,22,28). The maximum absolute atomic E-state index is 6.12. The zero-order chi connectivity index (χ0) is 20.4. The van der Waals surface area contributed by atoms with Crippen molar-refractivity contribution >= 4 is 46.2 Å². The molecule has 0 radical (unpaired) electrons. The lowest BCUT2D eigenvalue weighted by molar-refractivity contribution is 0.495.